The van der Waals surface area contributed by atoms with Crippen molar-refractivity contribution < 1.29 is 19.0 Å². The van der Waals surface area contributed by atoms with Gasteiger partial charge in [0.1, 0.15) is 5.75 Å². The molecule has 0 fully saturated rings. The highest BCUT2D eigenvalue weighted by molar-refractivity contribution is 9.10. The Bertz CT molecular complexity index is 824. The summed E-state index contributed by atoms with van der Waals surface area (Å²) in [7, 11) is 0. The van der Waals surface area contributed by atoms with Gasteiger partial charge in [0.2, 0.25) is 5.91 Å². The maximum absolute atomic E-state index is 12.5. The Labute approximate surface area is 174 Å². The average molecular weight is 448 g/mol. The van der Waals surface area contributed by atoms with Gasteiger partial charge in [-0.15, -0.1) is 0 Å². The molecule has 3 rings (SSSR count). The highest BCUT2D eigenvalue weighted by Gasteiger charge is 2.20. The van der Waals surface area contributed by atoms with Crippen LogP contribution < -0.4 is 19.5 Å². The van der Waals surface area contributed by atoms with Gasteiger partial charge >= 0.3 is 0 Å². The monoisotopic (exact) mass is 447 g/mol. The first-order chi connectivity index (χ1) is 13.6. The number of rotatable bonds is 8. The number of amides is 1. The van der Waals surface area contributed by atoms with Gasteiger partial charge in [-0.2, -0.15) is 0 Å². The van der Waals surface area contributed by atoms with Gasteiger partial charge in [-0.1, -0.05) is 34.1 Å². The fourth-order valence-electron chi connectivity index (χ4n) is 3.26. The number of fused-ring (bicyclic) bond motifs is 1. The molecule has 0 radical (unpaired) electrons. The molecule has 0 aromatic heterocycles. The summed E-state index contributed by atoms with van der Waals surface area (Å²) < 4.78 is 17.9. The van der Waals surface area contributed by atoms with E-state index < -0.39 is 0 Å². The molecule has 28 heavy (non-hydrogen) atoms. The van der Waals surface area contributed by atoms with Crippen LogP contribution in [-0.4, -0.2) is 32.3 Å². The predicted octanol–water partition coefficient (Wildman–Crippen LogP) is 4.16. The van der Waals surface area contributed by atoms with Gasteiger partial charge in [-0.05, 0) is 49.6 Å². The Morgan fingerprint density at radius 1 is 1.18 bits per heavy atom. The lowest BCUT2D eigenvalue weighted by Gasteiger charge is -2.25. The van der Waals surface area contributed by atoms with Gasteiger partial charge in [-0.3, -0.25) is 4.79 Å². The highest BCUT2D eigenvalue weighted by Crippen LogP contribution is 2.34. The Kier molecular flexibility index (Phi) is 7.20. The molecule has 0 bridgehead atoms. The van der Waals surface area contributed by atoms with Crippen LogP contribution in [0, 0.1) is 5.92 Å². The molecular formula is C22H26BrNO4. The number of halogens is 1. The van der Waals surface area contributed by atoms with E-state index in [2.05, 4.69) is 27.3 Å². The molecule has 0 aliphatic carbocycles. The van der Waals surface area contributed by atoms with E-state index in [0.717, 1.165) is 22.2 Å². The third-order valence-electron chi connectivity index (χ3n) is 4.61. The van der Waals surface area contributed by atoms with E-state index >= 15 is 0 Å². The van der Waals surface area contributed by atoms with Gasteiger partial charge in [0.05, 0.1) is 26.2 Å². The van der Waals surface area contributed by atoms with Crippen molar-refractivity contribution in [3.05, 3.63) is 52.0 Å². The largest absolute Gasteiger partial charge is 0.493 e. The Morgan fingerprint density at radius 2 is 1.89 bits per heavy atom. The lowest BCUT2D eigenvalue weighted by Crippen LogP contribution is -2.35. The van der Waals surface area contributed by atoms with E-state index in [0.29, 0.717) is 37.9 Å². The van der Waals surface area contributed by atoms with Crippen molar-refractivity contribution >= 4 is 21.8 Å². The van der Waals surface area contributed by atoms with Crippen LogP contribution in [0.5, 0.6) is 17.2 Å². The minimum atomic E-state index is -0.0221. The predicted molar refractivity (Wildman–Crippen MR) is 112 cm³/mol. The van der Waals surface area contributed by atoms with Gasteiger partial charge in [-0.25, -0.2) is 0 Å². The smallest absolute Gasteiger partial charge is 0.224 e. The van der Waals surface area contributed by atoms with Gasteiger partial charge < -0.3 is 19.5 Å². The second kappa shape index (κ2) is 9.82. The molecule has 1 aliphatic heterocycles. The molecule has 150 valence electrons. The second-order valence-corrected chi connectivity index (χ2v) is 7.58. The first kappa shape index (κ1) is 20.5. The Morgan fingerprint density at radius 3 is 2.64 bits per heavy atom. The van der Waals surface area contributed by atoms with Crippen molar-refractivity contribution in [2.75, 3.05) is 26.4 Å². The molecule has 5 nitrogen and oxygen atoms in total. The van der Waals surface area contributed by atoms with E-state index in [4.69, 9.17) is 14.2 Å². The minimum Gasteiger partial charge on any atom is -0.493 e. The molecule has 1 aliphatic rings. The summed E-state index contributed by atoms with van der Waals surface area (Å²) in [6, 6.07) is 11.8. The standard InChI is InChI=1S/C22H26BrNO4/c1-3-26-20-10-17(18(23)12-21(20)27-4-2)11-22(25)24-13-15-9-16-7-5-6-8-19(16)28-14-15/h5-8,10,12,15H,3-4,9,11,13-14H2,1-2H3,(H,24,25). The molecule has 1 unspecified atom stereocenters. The molecule has 1 atom stereocenters. The topological polar surface area (TPSA) is 56.8 Å². The van der Waals surface area contributed by atoms with Gasteiger partial charge in [0.15, 0.2) is 11.5 Å². The molecule has 6 heteroatoms. The van der Waals surface area contributed by atoms with Crippen molar-refractivity contribution in [1.29, 1.82) is 0 Å². The molecule has 1 amide bonds. The average Bonchev–Trinajstić information content (AvgIpc) is 2.70. The normalized spacial score (nSPS) is 15.3. The quantitative estimate of drug-likeness (QED) is 0.659. The zero-order valence-electron chi connectivity index (χ0n) is 16.3. The summed E-state index contributed by atoms with van der Waals surface area (Å²) >= 11 is 3.54. The van der Waals surface area contributed by atoms with Crippen LogP contribution in [0.25, 0.3) is 0 Å². The van der Waals surface area contributed by atoms with E-state index in [9.17, 15) is 4.79 Å². The lowest BCUT2D eigenvalue weighted by atomic mass is 9.96. The number of hydrogen-bond acceptors (Lipinski definition) is 4. The highest BCUT2D eigenvalue weighted by atomic mass is 79.9. The number of benzene rings is 2. The summed E-state index contributed by atoms with van der Waals surface area (Å²) in [5, 5.41) is 3.04. The van der Waals surface area contributed by atoms with E-state index in [1.807, 2.05) is 44.2 Å². The molecule has 2 aromatic rings. The third-order valence-corrected chi connectivity index (χ3v) is 5.35. The summed E-state index contributed by atoms with van der Waals surface area (Å²) in [6.07, 6.45) is 1.19. The fourth-order valence-corrected chi connectivity index (χ4v) is 3.73. The van der Waals surface area contributed by atoms with Gasteiger partial charge in [0.25, 0.3) is 0 Å². The number of hydrogen-bond donors (Lipinski definition) is 1. The molecule has 0 spiro atoms. The maximum atomic E-state index is 12.5. The molecule has 1 N–H and O–H groups in total. The Balaban J connectivity index is 1.58. The molecule has 2 aromatic carbocycles. The number of carbonyl (C=O) groups is 1. The Hall–Kier alpha value is -2.21. The van der Waals surface area contributed by atoms with Crippen molar-refractivity contribution in [2.45, 2.75) is 26.7 Å². The van der Waals surface area contributed by atoms with Crippen LogP contribution in [0.3, 0.4) is 0 Å². The molecule has 0 saturated heterocycles. The number of para-hydroxylation sites is 1. The fraction of sp³-hybridized carbons (Fsp3) is 0.409. The zero-order chi connectivity index (χ0) is 19.9. The van der Waals surface area contributed by atoms with Crippen molar-refractivity contribution in [2.24, 2.45) is 5.92 Å². The first-order valence-electron chi connectivity index (χ1n) is 9.66. The van der Waals surface area contributed by atoms with E-state index in [1.165, 1.54) is 5.56 Å². The van der Waals surface area contributed by atoms with E-state index in [-0.39, 0.29) is 18.2 Å². The van der Waals surface area contributed by atoms with Crippen molar-refractivity contribution in [3.63, 3.8) is 0 Å². The van der Waals surface area contributed by atoms with Gasteiger partial charge in [0, 0.05) is 16.9 Å². The first-order valence-corrected chi connectivity index (χ1v) is 10.4. The minimum absolute atomic E-state index is 0.0221. The summed E-state index contributed by atoms with van der Waals surface area (Å²) in [6.45, 7) is 6.17. The van der Waals surface area contributed by atoms with Crippen LogP contribution in [-0.2, 0) is 17.6 Å². The van der Waals surface area contributed by atoms with Crippen LogP contribution in [0.15, 0.2) is 40.9 Å². The number of nitrogens with one attached hydrogen (secondary N) is 1. The summed E-state index contributed by atoms with van der Waals surface area (Å²) in [5.74, 6) is 2.55. The van der Waals surface area contributed by atoms with Crippen LogP contribution in [0.1, 0.15) is 25.0 Å². The summed E-state index contributed by atoms with van der Waals surface area (Å²) in [5.41, 5.74) is 2.07. The lowest BCUT2D eigenvalue weighted by molar-refractivity contribution is -0.120. The maximum Gasteiger partial charge on any atom is 0.224 e. The number of carbonyl (C=O) groups excluding carboxylic acids is 1. The van der Waals surface area contributed by atoms with Crippen molar-refractivity contribution in [3.8, 4) is 17.2 Å². The molecule has 1 heterocycles. The SMILES string of the molecule is CCOc1cc(Br)c(CC(=O)NCC2COc3ccccc3C2)cc1OCC. The van der Waals surface area contributed by atoms with Crippen LogP contribution >= 0.6 is 15.9 Å². The number of ether oxygens (including phenoxy) is 3. The van der Waals surface area contributed by atoms with Crippen molar-refractivity contribution in [1.82, 2.24) is 5.32 Å². The molecule has 0 saturated carbocycles. The third kappa shape index (κ3) is 5.19. The molecular weight excluding hydrogens is 422 g/mol. The summed E-state index contributed by atoms with van der Waals surface area (Å²) in [4.78, 5) is 12.5. The zero-order valence-corrected chi connectivity index (χ0v) is 17.9. The van der Waals surface area contributed by atoms with Crippen LogP contribution in [0.2, 0.25) is 0 Å². The van der Waals surface area contributed by atoms with Crippen LogP contribution in [0.4, 0.5) is 0 Å². The van der Waals surface area contributed by atoms with E-state index in [1.54, 1.807) is 0 Å². The second-order valence-electron chi connectivity index (χ2n) is 6.73.